The molecule has 1 atom stereocenters. The minimum atomic E-state index is -0.103. The highest BCUT2D eigenvalue weighted by molar-refractivity contribution is 5.95. The molecule has 5 rings (SSSR count). The van der Waals surface area contributed by atoms with Gasteiger partial charge in [0.2, 0.25) is 0 Å². The molecule has 34 heavy (non-hydrogen) atoms. The van der Waals surface area contributed by atoms with E-state index in [0.29, 0.717) is 23.6 Å². The maximum Gasteiger partial charge on any atom is 0.251 e. The number of anilines is 1. The van der Waals surface area contributed by atoms with Gasteiger partial charge in [-0.15, -0.1) is 10.2 Å². The molecule has 1 aliphatic rings. The Bertz CT molecular complexity index is 1320. The number of rotatable bonds is 7. The van der Waals surface area contributed by atoms with Crippen molar-refractivity contribution in [1.82, 2.24) is 30.0 Å². The highest BCUT2D eigenvalue weighted by atomic mass is 16.5. The number of carbonyl (C=O) groups is 1. The Labute approximate surface area is 197 Å². The fourth-order valence-corrected chi connectivity index (χ4v) is 4.32. The summed E-state index contributed by atoms with van der Waals surface area (Å²) >= 11 is 0. The molecule has 0 saturated heterocycles. The quantitative estimate of drug-likeness (QED) is 0.440. The molecule has 1 aliphatic carbocycles. The lowest BCUT2D eigenvalue weighted by Crippen LogP contribution is -2.27. The average molecular weight is 456 g/mol. The Morgan fingerprint density at radius 3 is 2.88 bits per heavy atom. The second-order valence-electron chi connectivity index (χ2n) is 8.12. The molecule has 4 aromatic rings. The van der Waals surface area contributed by atoms with Crippen molar-refractivity contribution in [3.8, 4) is 17.3 Å². The summed E-state index contributed by atoms with van der Waals surface area (Å²) in [5.41, 5.74) is 4.44. The van der Waals surface area contributed by atoms with E-state index in [-0.39, 0.29) is 11.9 Å². The predicted octanol–water partition coefficient (Wildman–Crippen LogP) is 3.31. The second-order valence-corrected chi connectivity index (χ2v) is 8.12. The highest BCUT2D eigenvalue weighted by Crippen LogP contribution is 2.36. The summed E-state index contributed by atoms with van der Waals surface area (Å²) in [5.74, 6) is 2.20. The first-order chi connectivity index (χ1) is 16.6. The lowest BCUT2D eigenvalue weighted by molar-refractivity contribution is 0.0936. The first kappa shape index (κ1) is 21.6. The van der Waals surface area contributed by atoms with Gasteiger partial charge in [-0.2, -0.15) is 0 Å². The van der Waals surface area contributed by atoms with Crippen LogP contribution in [0.5, 0.6) is 5.75 Å². The lowest BCUT2D eigenvalue weighted by Gasteiger charge is -2.15. The van der Waals surface area contributed by atoms with Gasteiger partial charge in [0.05, 0.1) is 19.7 Å². The van der Waals surface area contributed by atoms with Gasteiger partial charge >= 0.3 is 0 Å². The van der Waals surface area contributed by atoms with E-state index in [1.807, 2.05) is 48.0 Å². The molecule has 2 aromatic heterocycles. The molecule has 9 heteroatoms. The molecule has 2 aromatic carbocycles. The summed E-state index contributed by atoms with van der Waals surface area (Å²) in [6.07, 6.45) is 4.91. The van der Waals surface area contributed by atoms with Crippen LogP contribution in [0.2, 0.25) is 0 Å². The standard InChI is InChI=1S/C25H25N7O2/c1-32-23(30-31-24(32)21-11-12-26-15-28-21)14-27-17-6-3-5-16(13-17)25(33)29-20-10-9-19-18(20)7-4-8-22(19)34-2/h3-8,11-13,15,20,27H,9-10,14H2,1-2H3,(H,29,33)/t20-/m1/s1. The third kappa shape index (κ3) is 4.19. The topological polar surface area (TPSA) is 107 Å². The largest absolute Gasteiger partial charge is 0.496 e. The monoisotopic (exact) mass is 455 g/mol. The van der Waals surface area contributed by atoms with Gasteiger partial charge < -0.3 is 19.9 Å². The molecular formula is C25H25N7O2. The summed E-state index contributed by atoms with van der Waals surface area (Å²) < 4.78 is 7.36. The van der Waals surface area contributed by atoms with E-state index in [9.17, 15) is 4.79 Å². The summed E-state index contributed by atoms with van der Waals surface area (Å²) in [6, 6.07) is 15.2. The van der Waals surface area contributed by atoms with Crippen molar-refractivity contribution in [2.75, 3.05) is 12.4 Å². The second kappa shape index (κ2) is 9.30. The van der Waals surface area contributed by atoms with Crippen molar-refractivity contribution in [2.24, 2.45) is 7.05 Å². The van der Waals surface area contributed by atoms with Gasteiger partial charge in [-0.3, -0.25) is 4.79 Å². The van der Waals surface area contributed by atoms with E-state index in [1.165, 1.54) is 11.9 Å². The number of benzene rings is 2. The van der Waals surface area contributed by atoms with Crippen molar-refractivity contribution < 1.29 is 9.53 Å². The van der Waals surface area contributed by atoms with E-state index in [1.54, 1.807) is 19.4 Å². The van der Waals surface area contributed by atoms with Crippen molar-refractivity contribution in [3.05, 3.63) is 83.6 Å². The van der Waals surface area contributed by atoms with Crippen molar-refractivity contribution in [1.29, 1.82) is 0 Å². The third-order valence-corrected chi connectivity index (χ3v) is 6.10. The summed E-state index contributed by atoms with van der Waals surface area (Å²) in [5, 5.41) is 15.0. The first-order valence-electron chi connectivity index (χ1n) is 11.1. The summed E-state index contributed by atoms with van der Waals surface area (Å²) in [7, 11) is 3.57. The van der Waals surface area contributed by atoms with Crippen LogP contribution in [0, 0.1) is 0 Å². The Balaban J connectivity index is 1.25. The van der Waals surface area contributed by atoms with Gasteiger partial charge in [-0.1, -0.05) is 18.2 Å². The van der Waals surface area contributed by atoms with E-state index >= 15 is 0 Å². The number of carbonyl (C=O) groups excluding carboxylic acids is 1. The van der Waals surface area contributed by atoms with E-state index in [0.717, 1.165) is 35.7 Å². The van der Waals surface area contributed by atoms with Crippen LogP contribution in [-0.2, 0) is 20.0 Å². The van der Waals surface area contributed by atoms with Crippen LogP contribution in [-0.4, -0.2) is 37.7 Å². The van der Waals surface area contributed by atoms with Gasteiger partial charge in [-0.05, 0) is 54.3 Å². The van der Waals surface area contributed by atoms with Crippen LogP contribution in [0.3, 0.4) is 0 Å². The van der Waals surface area contributed by atoms with Gasteiger partial charge in [0.1, 0.15) is 17.8 Å². The minimum absolute atomic E-state index is 0.0203. The zero-order valence-corrected chi connectivity index (χ0v) is 19.0. The van der Waals surface area contributed by atoms with Crippen LogP contribution in [0.15, 0.2) is 61.1 Å². The van der Waals surface area contributed by atoms with Crippen molar-refractivity contribution >= 4 is 11.6 Å². The van der Waals surface area contributed by atoms with Gasteiger partial charge in [0, 0.05) is 24.5 Å². The number of aromatic nitrogens is 5. The number of hydrogen-bond acceptors (Lipinski definition) is 7. The maximum atomic E-state index is 13.0. The first-order valence-corrected chi connectivity index (χ1v) is 11.1. The van der Waals surface area contributed by atoms with Gasteiger partial charge in [-0.25, -0.2) is 9.97 Å². The molecule has 0 saturated carbocycles. The number of fused-ring (bicyclic) bond motifs is 1. The number of nitrogens with one attached hydrogen (secondary N) is 2. The molecule has 0 radical (unpaired) electrons. The van der Waals surface area contributed by atoms with Gasteiger partial charge in [0.15, 0.2) is 11.6 Å². The molecule has 0 spiro atoms. The van der Waals surface area contributed by atoms with E-state index < -0.39 is 0 Å². The molecule has 172 valence electrons. The number of ether oxygens (including phenoxy) is 1. The molecule has 9 nitrogen and oxygen atoms in total. The lowest BCUT2D eigenvalue weighted by atomic mass is 10.1. The molecule has 0 fully saturated rings. The van der Waals surface area contributed by atoms with Crippen LogP contribution in [0.25, 0.3) is 11.5 Å². The fraction of sp³-hybridized carbons (Fsp3) is 0.240. The Hall–Kier alpha value is -4.27. The number of hydrogen-bond donors (Lipinski definition) is 2. The fourth-order valence-electron chi connectivity index (χ4n) is 4.32. The summed E-state index contributed by atoms with van der Waals surface area (Å²) in [6.45, 7) is 0.454. The summed E-state index contributed by atoms with van der Waals surface area (Å²) in [4.78, 5) is 21.2. The van der Waals surface area contributed by atoms with Crippen LogP contribution in [0.1, 0.15) is 39.8 Å². The zero-order valence-electron chi connectivity index (χ0n) is 19.0. The Morgan fingerprint density at radius 2 is 2.06 bits per heavy atom. The highest BCUT2D eigenvalue weighted by Gasteiger charge is 2.26. The van der Waals surface area contributed by atoms with E-state index in [4.69, 9.17) is 4.74 Å². The molecule has 2 N–H and O–H groups in total. The Kier molecular flexibility index (Phi) is 5.90. The average Bonchev–Trinajstić information content (AvgIpc) is 3.46. The predicted molar refractivity (Wildman–Crippen MR) is 127 cm³/mol. The smallest absolute Gasteiger partial charge is 0.251 e. The molecule has 0 unspecified atom stereocenters. The molecule has 2 heterocycles. The minimum Gasteiger partial charge on any atom is -0.496 e. The maximum absolute atomic E-state index is 13.0. The SMILES string of the molecule is COc1cccc2c1CC[C@H]2NC(=O)c1cccc(NCc2nnc(-c3ccncn3)n2C)c1. The normalized spacial score (nSPS) is 14.5. The third-order valence-electron chi connectivity index (χ3n) is 6.10. The number of amides is 1. The van der Waals surface area contributed by atoms with E-state index in [2.05, 4.69) is 36.9 Å². The van der Waals surface area contributed by atoms with Crippen molar-refractivity contribution in [3.63, 3.8) is 0 Å². The van der Waals surface area contributed by atoms with Crippen molar-refractivity contribution in [2.45, 2.75) is 25.4 Å². The number of methoxy groups -OCH3 is 1. The molecule has 0 aliphatic heterocycles. The van der Waals surface area contributed by atoms with Crippen LogP contribution < -0.4 is 15.4 Å². The number of nitrogens with zero attached hydrogens (tertiary/aromatic N) is 5. The Morgan fingerprint density at radius 1 is 1.18 bits per heavy atom. The molecule has 0 bridgehead atoms. The molecule has 1 amide bonds. The van der Waals surface area contributed by atoms with Gasteiger partial charge in [0.25, 0.3) is 5.91 Å². The zero-order chi connectivity index (χ0) is 23.5. The molecular weight excluding hydrogens is 430 g/mol. The van der Waals surface area contributed by atoms with Crippen LogP contribution in [0.4, 0.5) is 5.69 Å². The van der Waals surface area contributed by atoms with Crippen LogP contribution >= 0.6 is 0 Å².